The van der Waals surface area contributed by atoms with Gasteiger partial charge in [-0.1, -0.05) is 74.5 Å². The lowest BCUT2D eigenvalue weighted by Crippen LogP contribution is -2.48. The van der Waals surface area contributed by atoms with Gasteiger partial charge in [-0.3, -0.25) is 0 Å². The van der Waals surface area contributed by atoms with E-state index in [-0.39, 0.29) is 4.08 Å². The van der Waals surface area contributed by atoms with Crippen molar-refractivity contribution in [3.05, 3.63) is 90.0 Å². The molecule has 142 valence electrons. The molecular formula is C25H25NS2. The second-order valence-corrected chi connectivity index (χ2v) is 10.9. The van der Waals surface area contributed by atoms with Gasteiger partial charge in [-0.05, 0) is 36.1 Å². The van der Waals surface area contributed by atoms with E-state index < -0.39 is 0 Å². The van der Waals surface area contributed by atoms with Gasteiger partial charge >= 0.3 is 0 Å². The Hall–Kier alpha value is -1.84. The second-order valence-electron chi connectivity index (χ2n) is 8.07. The molecule has 0 bridgehead atoms. The summed E-state index contributed by atoms with van der Waals surface area (Å²) in [7, 11) is 0. The molecule has 5 rings (SSSR count). The molecule has 3 aromatic rings. The van der Waals surface area contributed by atoms with Gasteiger partial charge in [0.25, 0.3) is 0 Å². The van der Waals surface area contributed by atoms with E-state index in [1.165, 1.54) is 26.6 Å². The third-order valence-electron chi connectivity index (χ3n) is 5.94. The van der Waals surface area contributed by atoms with E-state index in [0.29, 0.717) is 17.9 Å². The monoisotopic (exact) mass is 403 g/mol. The zero-order valence-electron chi connectivity index (χ0n) is 16.3. The molecule has 0 saturated carbocycles. The van der Waals surface area contributed by atoms with Crippen molar-refractivity contribution in [2.24, 2.45) is 11.8 Å². The minimum absolute atomic E-state index is 0.0102. The molecule has 0 fully saturated rings. The molecule has 2 aliphatic rings. The lowest BCUT2D eigenvalue weighted by Gasteiger charge is -2.48. The lowest BCUT2D eigenvalue weighted by atomic mass is 9.77. The molecule has 2 aliphatic heterocycles. The van der Waals surface area contributed by atoms with Crippen molar-refractivity contribution in [1.29, 1.82) is 0 Å². The van der Waals surface area contributed by atoms with Crippen LogP contribution < -0.4 is 5.32 Å². The Bertz CT molecular complexity index is 958. The van der Waals surface area contributed by atoms with Crippen LogP contribution in [-0.2, 0) is 10.5 Å². The maximum atomic E-state index is 3.92. The zero-order valence-corrected chi connectivity index (χ0v) is 17.9. The summed E-state index contributed by atoms with van der Waals surface area (Å²) < 4.78 is 0.0102. The van der Waals surface area contributed by atoms with E-state index in [9.17, 15) is 0 Å². The summed E-state index contributed by atoms with van der Waals surface area (Å²) >= 11 is 4.15. The maximum absolute atomic E-state index is 3.92. The van der Waals surface area contributed by atoms with Crippen molar-refractivity contribution in [3.8, 4) is 0 Å². The molecule has 0 radical (unpaired) electrons. The summed E-state index contributed by atoms with van der Waals surface area (Å²) in [6.45, 7) is 4.71. The van der Waals surface area contributed by atoms with Gasteiger partial charge in [-0.2, -0.15) is 0 Å². The Morgan fingerprint density at radius 1 is 0.821 bits per heavy atom. The molecule has 0 amide bonds. The highest BCUT2D eigenvalue weighted by Crippen LogP contribution is 2.68. The van der Waals surface area contributed by atoms with Crippen LogP contribution in [0.25, 0.3) is 0 Å². The highest BCUT2D eigenvalue weighted by molar-refractivity contribution is 8.20. The molecule has 0 aromatic heterocycles. The number of nitrogens with one attached hydrogen (secondary N) is 1. The van der Waals surface area contributed by atoms with Crippen LogP contribution in [0.1, 0.15) is 25.0 Å². The van der Waals surface area contributed by atoms with Gasteiger partial charge in [0.15, 0.2) is 0 Å². The first-order valence-electron chi connectivity index (χ1n) is 10.0. The number of benzene rings is 3. The van der Waals surface area contributed by atoms with E-state index in [1.807, 2.05) is 0 Å². The summed E-state index contributed by atoms with van der Waals surface area (Å²) in [5.74, 6) is 1.05. The summed E-state index contributed by atoms with van der Waals surface area (Å²) in [6, 6.07) is 29.3. The van der Waals surface area contributed by atoms with Crippen molar-refractivity contribution in [2.45, 2.75) is 40.2 Å². The van der Waals surface area contributed by atoms with Crippen molar-refractivity contribution in [3.63, 3.8) is 0 Å². The van der Waals surface area contributed by atoms with E-state index in [1.54, 1.807) is 0 Å². The summed E-state index contributed by atoms with van der Waals surface area (Å²) in [5, 5.41) is 3.92. The first kappa shape index (κ1) is 18.2. The lowest BCUT2D eigenvalue weighted by molar-refractivity contribution is 0.329. The molecule has 2 atom stereocenters. The number of anilines is 1. The number of hydrogen-bond donors (Lipinski definition) is 1. The van der Waals surface area contributed by atoms with E-state index in [0.717, 1.165) is 6.42 Å². The third-order valence-corrected chi connectivity index (χ3v) is 9.37. The van der Waals surface area contributed by atoms with Crippen molar-refractivity contribution in [2.75, 3.05) is 5.32 Å². The van der Waals surface area contributed by atoms with Gasteiger partial charge < -0.3 is 5.32 Å². The molecule has 1 N–H and O–H groups in total. The molecule has 0 saturated heterocycles. The normalized spacial score (nSPS) is 22.0. The van der Waals surface area contributed by atoms with Crippen LogP contribution in [-0.4, -0.2) is 6.04 Å². The van der Waals surface area contributed by atoms with Gasteiger partial charge in [-0.15, -0.1) is 23.5 Å². The Labute approximate surface area is 176 Å². The van der Waals surface area contributed by atoms with Crippen molar-refractivity contribution in [1.82, 2.24) is 0 Å². The summed E-state index contributed by atoms with van der Waals surface area (Å²) in [6.07, 6.45) is 1.08. The molecule has 0 aliphatic carbocycles. The first-order chi connectivity index (χ1) is 13.7. The molecular weight excluding hydrogens is 378 g/mol. The van der Waals surface area contributed by atoms with E-state index >= 15 is 0 Å². The van der Waals surface area contributed by atoms with Crippen LogP contribution in [0.3, 0.4) is 0 Å². The predicted octanol–water partition coefficient (Wildman–Crippen LogP) is 7.05. The number of para-hydroxylation sites is 1. The van der Waals surface area contributed by atoms with Gasteiger partial charge in [0.2, 0.25) is 0 Å². The number of rotatable bonds is 3. The van der Waals surface area contributed by atoms with Gasteiger partial charge in [0.05, 0.1) is 0 Å². The van der Waals surface area contributed by atoms with Crippen LogP contribution in [0.15, 0.2) is 88.7 Å². The molecule has 3 heteroatoms. The van der Waals surface area contributed by atoms with Crippen molar-refractivity contribution < 1.29 is 0 Å². The van der Waals surface area contributed by atoms with Crippen LogP contribution in [0.4, 0.5) is 5.69 Å². The van der Waals surface area contributed by atoms with Gasteiger partial charge in [-0.25, -0.2) is 0 Å². The maximum Gasteiger partial charge on any atom is 0.102 e. The molecule has 2 heterocycles. The fourth-order valence-corrected chi connectivity index (χ4v) is 8.20. The highest BCUT2D eigenvalue weighted by Gasteiger charge is 2.53. The average Bonchev–Trinajstić information content (AvgIpc) is 3.11. The van der Waals surface area contributed by atoms with Crippen LogP contribution >= 0.6 is 23.5 Å². The Kier molecular flexibility index (Phi) is 4.68. The Morgan fingerprint density at radius 2 is 1.43 bits per heavy atom. The largest absolute Gasteiger partial charge is 0.381 e. The first-order valence-corrected chi connectivity index (χ1v) is 11.7. The number of thioether (sulfide) groups is 2. The predicted molar refractivity (Wildman–Crippen MR) is 122 cm³/mol. The summed E-state index contributed by atoms with van der Waals surface area (Å²) in [5.41, 5.74) is 4.17. The second kappa shape index (κ2) is 7.20. The van der Waals surface area contributed by atoms with E-state index in [4.69, 9.17) is 0 Å². The van der Waals surface area contributed by atoms with E-state index in [2.05, 4.69) is 122 Å². The summed E-state index contributed by atoms with van der Waals surface area (Å²) in [4.78, 5) is 2.84. The fraction of sp³-hybridized carbons (Fsp3) is 0.280. The molecule has 1 spiro atoms. The molecule has 28 heavy (non-hydrogen) atoms. The molecule has 3 aromatic carbocycles. The quantitative estimate of drug-likeness (QED) is 0.503. The topological polar surface area (TPSA) is 12.0 Å². The average molecular weight is 404 g/mol. The Balaban J connectivity index is 1.67. The minimum Gasteiger partial charge on any atom is -0.381 e. The highest BCUT2D eigenvalue weighted by atomic mass is 32.2. The van der Waals surface area contributed by atoms with Crippen LogP contribution in [0.5, 0.6) is 0 Å². The van der Waals surface area contributed by atoms with Crippen LogP contribution in [0, 0.1) is 11.8 Å². The fourth-order valence-electron chi connectivity index (χ4n) is 4.62. The van der Waals surface area contributed by atoms with Gasteiger partial charge in [0, 0.05) is 33.0 Å². The molecule has 1 nitrogen and oxygen atoms in total. The Morgan fingerprint density at radius 3 is 2.11 bits per heavy atom. The SMILES string of the molecule is CC(C)C1Nc2ccccc2C2(Sc3ccccc3S2)C1Cc1ccccc1. The number of hydrogen-bond acceptors (Lipinski definition) is 3. The zero-order chi connectivity index (χ0) is 19.1. The number of fused-ring (bicyclic) bond motifs is 3. The van der Waals surface area contributed by atoms with Gasteiger partial charge in [0.1, 0.15) is 4.08 Å². The minimum atomic E-state index is 0.0102. The molecule has 2 unspecified atom stereocenters. The third kappa shape index (κ3) is 2.96. The standard InChI is InChI=1S/C25H25NS2/c1-17(2)24-20(16-18-10-4-3-5-11-18)25(19-12-6-7-13-21(19)26-24)27-22-14-8-9-15-23(22)28-25/h3-15,17,20,24,26H,16H2,1-2H3. The smallest absolute Gasteiger partial charge is 0.102 e. The van der Waals surface area contributed by atoms with Crippen molar-refractivity contribution >= 4 is 29.2 Å². The van der Waals surface area contributed by atoms with Crippen LogP contribution in [0.2, 0.25) is 0 Å².